The third kappa shape index (κ3) is 12.6. The molecule has 0 radical (unpaired) electrons. The number of aliphatic carboxylic acids is 1. The maximum absolute atomic E-state index is 13.7. The van der Waals surface area contributed by atoms with E-state index in [2.05, 4.69) is 26.6 Å². The van der Waals surface area contributed by atoms with Crippen LogP contribution in [-0.2, 0) is 48.0 Å². The van der Waals surface area contributed by atoms with Crippen LogP contribution >= 0.6 is 0 Å². The molecule has 242 valence electrons. The summed E-state index contributed by atoms with van der Waals surface area (Å²) in [7, 11) is 0. The van der Waals surface area contributed by atoms with Gasteiger partial charge in [0.1, 0.15) is 18.6 Å². The van der Waals surface area contributed by atoms with Crippen molar-refractivity contribution in [2.75, 3.05) is 19.6 Å². The summed E-state index contributed by atoms with van der Waals surface area (Å²) in [6, 6.07) is 24.1. The lowest BCUT2D eigenvalue weighted by atomic mass is 10.0. The molecule has 3 atom stereocenters. The van der Waals surface area contributed by atoms with Gasteiger partial charge in [-0.25, -0.2) is 0 Å². The van der Waals surface area contributed by atoms with Gasteiger partial charge >= 0.3 is 5.97 Å². The topological polar surface area (TPSA) is 209 Å². The van der Waals surface area contributed by atoms with Crippen molar-refractivity contribution in [3.63, 3.8) is 0 Å². The molecular formula is C33H38N6O7. The molecular weight excluding hydrogens is 592 g/mol. The summed E-state index contributed by atoms with van der Waals surface area (Å²) in [5, 5.41) is 20.9. The Morgan fingerprint density at radius 3 is 1.39 bits per heavy atom. The lowest BCUT2D eigenvalue weighted by molar-refractivity contribution is -0.137. The smallest absolute Gasteiger partial charge is 0.322 e. The molecule has 0 spiro atoms. The molecule has 0 aliphatic heterocycles. The number of nitrogens with two attached hydrogens (primary N) is 1. The van der Waals surface area contributed by atoms with Crippen LogP contribution in [0.2, 0.25) is 0 Å². The van der Waals surface area contributed by atoms with Crippen molar-refractivity contribution >= 4 is 35.5 Å². The maximum Gasteiger partial charge on any atom is 0.322 e. The molecule has 0 aliphatic carbocycles. The van der Waals surface area contributed by atoms with Crippen LogP contribution in [0.5, 0.6) is 0 Å². The molecule has 0 aliphatic rings. The van der Waals surface area contributed by atoms with Crippen LogP contribution in [0.25, 0.3) is 0 Å². The first-order valence-electron chi connectivity index (χ1n) is 14.6. The van der Waals surface area contributed by atoms with E-state index in [-0.39, 0.29) is 19.3 Å². The first-order chi connectivity index (χ1) is 22.1. The Balaban J connectivity index is 1.70. The van der Waals surface area contributed by atoms with E-state index in [1.807, 2.05) is 48.5 Å². The van der Waals surface area contributed by atoms with Crippen LogP contribution in [0.4, 0.5) is 0 Å². The molecule has 3 aromatic rings. The van der Waals surface area contributed by atoms with Crippen LogP contribution in [0.3, 0.4) is 0 Å². The second kappa shape index (κ2) is 18.3. The van der Waals surface area contributed by atoms with Crippen LogP contribution in [0, 0.1) is 0 Å². The zero-order valence-corrected chi connectivity index (χ0v) is 25.1. The number of hydrogen-bond acceptors (Lipinski definition) is 7. The second-order valence-electron chi connectivity index (χ2n) is 10.5. The Morgan fingerprint density at radius 2 is 0.913 bits per heavy atom. The summed E-state index contributed by atoms with van der Waals surface area (Å²) >= 11 is 0. The number of rotatable bonds is 17. The summed E-state index contributed by atoms with van der Waals surface area (Å²) < 4.78 is 0. The average molecular weight is 631 g/mol. The van der Waals surface area contributed by atoms with Crippen molar-refractivity contribution in [3.8, 4) is 0 Å². The van der Waals surface area contributed by atoms with E-state index in [4.69, 9.17) is 10.8 Å². The fourth-order valence-corrected chi connectivity index (χ4v) is 4.40. The van der Waals surface area contributed by atoms with Crippen molar-refractivity contribution in [3.05, 3.63) is 108 Å². The standard InChI is InChI=1S/C33H38N6O7/c34-25(16-22-10-4-1-5-11-22)31(44)38-27(18-24-14-8-3-9-15-24)33(46)39-26(17-23-12-6-2-7-13-23)32(45)37-20-29(41)35-19-28(40)36-21-30(42)43/h1-15,25-27H,16-21,34H2,(H,35,41)(H,36,40)(H,37,45)(H,38,44)(H,39,46)(H,42,43)/t25-,26-,27-/m0/s1. The van der Waals surface area contributed by atoms with Gasteiger partial charge in [-0.1, -0.05) is 91.0 Å². The van der Waals surface area contributed by atoms with Gasteiger partial charge < -0.3 is 37.4 Å². The predicted molar refractivity (Wildman–Crippen MR) is 169 cm³/mol. The third-order valence-electron chi connectivity index (χ3n) is 6.77. The molecule has 0 aromatic heterocycles. The number of carbonyl (C=O) groups is 6. The lowest BCUT2D eigenvalue weighted by Crippen LogP contribution is -2.57. The molecule has 0 heterocycles. The molecule has 3 aromatic carbocycles. The number of amides is 5. The average Bonchev–Trinajstić information content (AvgIpc) is 3.05. The summed E-state index contributed by atoms with van der Waals surface area (Å²) in [4.78, 5) is 74.6. The summed E-state index contributed by atoms with van der Waals surface area (Å²) in [5.41, 5.74) is 8.55. The third-order valence-corrected chi connectivity index (χ3v) is 6.77. The Morgan fingerprint density at radius 1 is 0.522 bits per heavy atom. The highest BCUT2D eigenvalue weighted by molar-refractivity contribution is 5.95. The molecule has 0 saturated carbocycles. The number of carboxylic acid groups (broad SMARTS) is 1. The number of nitrogens with one attached hydrogen (secondary N) is 5. The van der Waals surface area contributed by atoms with Crippen LogP contribution in [0.15, 0.2) is 91.0 Å². The molecule has 0 saturated heterocycles. The van der Waals surface area contributed by atoms with Crippen LogP contribution in [-0.4, -0.2) is 78.4 Å². The monoisotopic (exact) mass is 630 g/mol. The zero-order valence-electron chi connectivity index (χ0n) is 25.1. The highest BCUT2D eigenvalue weighted by atomic mass is 16.4. The molecule has 13 heteroatoms. The van der Waals surface area contributed by atoms with Gasteiger partial charge in [-0.3, -0.25) is 28.8 Å². The van der Waals surface area contributed by atoms with Crippen LogP contribution in [0.1, 0.15) is 16.7 Å². The molecule has 13 nitrogen and oxygen atoms in total. The molecule has 0 fully saturated rings. The van der Waals surface area contributed by atoms with Gasteiger partial charge in [-0.15, -0.1) is 0 Å². The minimum absolute atomic E-state index is 0.0805. The molecule has 3 rings (SSSR count). The second-order valence-corrected chi connectivity index (χ2v) is 10.5. The van der Waals surface area contributed by atoms with Gasteiger partial charge in [0, 0.05) is 12.8 Å². The summed E-state index contributed by atoms with van der Waals surface area (Å²) in [6.07, 6.45) is 0.467. The van der Waals surface area contributed by atoms with Gasteiger partial charge in [0.2, 0.25) is 29.5 Å². The summed E-state index contributed by atoms with van der Waals surface area (Å²) in [5.74, 6) is -4.49. The van der Waals surface area contributed by atoms with E-state index < -0.39 is 73.3 Å². The van der Waals surface area contributed by atoms with Crippen molar-refractivity contribution in [2.45, 2.75) is 37.4 Å². The Kier molecular flexibility index (Phi) is 13.9. The Bertz CT molecular complexity index is 1470. The number of carboxylic acids is 1. The van der Waals surface area contributed by atoms with E-state index in [1.165, 1.54) is 0 Å². The minimum Gasteiger partial charge on any atom is -0.480 e. The highest BCUT2D eigenvalue weighted by Gasteiger charge is 2.29. The summed E-state index contributed by atoms with van der Waals surface area (Å²) in [6.45, 7) is -1.60. The van der Waals surface area contributed by atoms with E-state index in [1.54, 1.807) is 42.5 Å². The van der Waals surface area contributed by atoms with E-state index in [9.17, 15) is 28.8 Å². The van der Waals surface area contributed by atoms with E-state index in [0.29, 0.717) is 0 Å². The normalized spacial score (nSPS) is 12.5. The minimum atomic E-state index is -1.24. The number of hydrogen-bond donors (Lipinski definition) is 7. The largest absolute Gasteiger partial charge is 0.480 e. The van der Waals surface area contributed by atoms with Gasteiger partial charge in [0.15, 0.2) is 0 Å². The SMILES string of the molecule is N[C@@H](Cc1ccccc1)C(=O)N[C@@H](Cc1ccccc1)C(=O)N[C@@H](Cc1ccccc1)C(=O)NCC(=O)NCC(=O)NCC(=O)O. The fraction of sp³-hybridized carbons (Fsp3) is 0.273. The zero-order chi connectivity index (χ0) is 33.3. The fourth-order valence-electron chi connectivity index (χ4n) is 4.40. The van der Waals surface area contributed by atoms with Gasteiger partial charge in [0.25, 0.3) is 0 Å². The molecule has 46 heavy (non-hydrogen) atoms. The molecule has 5 amide bonds. The maximum atomic E-state index is 13.7. The number of carbonyl (C=O) groups excluding carboxylic acids is 5. The van der Waals surface area contributed by atoms with E-state index >= 15 is 0 Å². The lowest BCUT2D eigenvalue weighted by Gasteiger charge is -2.24. The van der Waals surface area contributed by atoms with Gasteiger partial charge in [-0.2, -0.15) is 0 Å². The quantitative estimate of drug-likeness (QED) is 0.103. The van der Waals surface area contributed by atoms with Gasteiger partial charge in [-0.05, 0) is 23.1 Å². The Labute approximate surface area is 266 Å². The van der Waals surface area contributed by atoms with Crippen molar-refractivity contribution < 1.29 is 33.9 Å². The molecule has 8 N–H and O–H groups in total. The van der Waals surface area contributed by atoms with E-state index in [0.717, 1.165) is 16.7 Å². The Hall–Kier alpha value is -5.56. The predicted octanol–water partition coefficient (Wildman–Crippen LogP) is -0.555. The van der Waals surface area contributed by atoms with Gasteiger partial charge in [0.05, 0.1) is 19.1 Å². The van der Waals surface area contributed by atoms with Crippen molar-refractivity contribution in [1.29, 1.82) is 0 Å². The molecule has 0 unspecified atom stereocenters. The first kappa shape index (κ1) is 34.9. The van der Waals surface area contributed by atoms with Crippen LogP contribution < -0.4 is 32.3 Å². The highest BCUT2D eigenvalue weighted by Crippen LogP contribution is 2.08. The molecule has 0 bridgehead atoms. The van der Waals surface area contributed by atoms with Crippen molar-refractivity contribution in [1.82, 2.24) is 26.6 Å². The number of benzene rings is 3. The first-order valence-corrected chi connectivity index (χ1v) is 14.6. The van der Waals surface area contributed by atoms with Crippen molar-refractivity contribution in [2.24, 2.45) is 5.73 Å².